The van der Waals surface area contributed by atoms with Gasteiger partial charge in [-0.1, -0.05) is 12.1 Å². The number of nitrogens with one attached hydrogen (secondary N) is 1. The van der Waals surface area contributed by atoms with E-state index in [0.717, 1.165) is 29.7 Å². The second-order valence-electron chi connectivity index (χ2n) is 7.43. The molecule has 1 atom stereocenters. The summed E-state index contributed by atoms with van der Waals surface area (Å²) < 4.78 is 13.3. The first-order valence-corrected chi connectivity index (χ1v) is 9.55. The van der Waals surface area contributed by atoms with E-state index in [2.05, 4.69) is 10.2 Å². The number of piperidine rings is 1. The van der Waals surface area contributed by atoms with Crippen molar-refractivity contribution in [3.8, 4) is 22.6 Å². The van der Waals surface area contributed by atoms with Crippen molar-refractivity contribution in [3.05, 3.63) is 65.2 Å². The standard InChI is InChI=1S/C22H22FN3O3/c1-13-19(27)9-16(10-20(13)28)22(29)26-8-2-3-15(12-26)21-18(11-24-25-21)14-4-6-17(23)7-5-14/h4-7,9-11,15,27-28H,2-3,8,12H2,1H3,(H,24,25)/t15-/m1/s1. The molecule has 0 radical (unpaired) electrons. The van der Waals surface area contributed by atoms with E-state index < -0.39 is 0 Å². The largest absolute Gasteiger partial charge is 0.508 e. The van der Waals surface area contributed by atoms with Crippen LogP contribution in [-0.4, -0.2) is 44.3 Å². The molecule has 2 heterocycles. The number of aromatic hydroxyl groups is 2. The van der Waals surface area contributed by atoms with Crippen LogP contribution in [0.4, 0.5) is 4.39 Å². The average molecular weight is 395 g/mol. The van der Waals surface area contributed by atoms with Gasteiger partial charge in [0.2, 0.25) is 0 Å². The lowest BCUT2D eigenvalue weighted by atomic mass is 9.90. The number of rotatable bonds is 3. The van der Waals surface area contributed by atoms with Gasteiger partial charge in [0.15, 0.2) is 0 Å². The molecule has 1 amide bonds. The van der Waals surface area contributed by atoms with E-state index in [0.29, 0.717) is 18.7 Å². The summed E-state index contributed by atoms with van der Waals surface area (Å²) in [6.45, 7) is 2.68. The summed E-state index contributed by atoms with van der Waals surface area (Å²) in [5.41, 5.74) is 3.29. The van der Waals surface area contributed by atoms with E-state index in [1.54, 1.807) is 30.2 Å². The highest BCUT2D eigenvalue weighted by Gasteiger charge is 2.29. The van der Waals surface area contributed by atoms with Crippen molar-refractivity contribution in [2.45, 2.75) is 25.7 Å². The Bertz CT molecular complexity index is 1020. The normalized spacial score (nSPS) is 16.8. The van der Waals surface area contributed by atoms with Crippen molar-refractivity contribution in [1.29, 1.82) is 0 Å². The highest BCUT2D eigenvalue weighted by Crippen LogP contribution is 2.34. The van der Waals surface area contributed by atoms with Crippen molar-refractivity contribution >= 4 is 5.91 Å². The molecule has 3 aromatic rings. The predicted molar refractivity (Wildman–Crippen MR) is 106 cm³/mol. The Labute approximate surface area is 167 Å². The van der Waals surface area contributed by atoms with Crippen molar-refractivity contribution in [1.82, 2.24) is 15.1 Å². The van der Waals surface area contributed by atoms with Gasteiger partial charge in [-0.2, -0.15) is 5.10 Å². The predicted octanol–water partition coefficient (Wildman–Crippen LogP) is 3.96. The average Bonchev–Trinajstić information content (AvgIpc) is 3.21. The van der Waals surface area contributed by atoms with Gasteiger partial charge in [0.1, 0.15) is 17.3 Å². The number of phenols is 2. The highest BCUT2D eigenvalue weighted by molar-refractivity contribution is 5.95. The van der Waals surface area contributed by atoms with Gasteiger partial charge in [0, 0.05) is 41.4 Å². The monoisotopic (exact) mass is 395 g/mol. The molecule has 1 saturated heterocycles. The Balaban J connectivity index is 1.57. The van der Waals surface area contributed by atoms with Gasteiger partial charge in [-0.3, -0.25) is 9.89 Å². The summed E-state index contributed by atoms with van der Waals surface area (Å²) in [5.74, 6) is -0.674. The molecule has 0 spiro atoms. The van der Waals surface area contributed by atoms with Gasteiger partial charge in [-0.15, -0.1) is 0 Å². The van der Waals surface area contributed by atoms with Crippen LogP contribution < -0.4 is 0 Å². The summed E-state index contributed by atoms with van der Waals surface area (Å²) in [7, 11) is 0. The van der Waals surface area contributed by atoms with Crippen LogP contribution in [0.3, 0.4) is 0 Å². The zero-order valence-electron chi connectivity index (χ0n) is 16.0. The first-order chi connectivity index (χ1) is 13.9. The molecule has 1 fully saturated rings. The van der Waals surface area contributed by atoms with Gasteiger partial charge >= 0.3 is 0 Å². The Morgan fingerprint density at radius 3 is 2.59 bits per heavy atom. The van der Waals surface area contributed by atoms with E-state index >= 15 is 0 Å². The maximum absolute atomic E-state index is 13.3. The third-order valence-corrected chi connectivity index (χ3v) is 5.54. The number of amides is 1. The van der Waals surface area contributed by atoms with E-state index in [-0.39, 0.29) is 34.7 Å². The number of hydrogen-bond acceptors (Lipinski definition) is 4. The smallest absolute Gasteiger partial charge is 0.254 e. The maximum Gasteiger partial charge on any atom is 0.254 e. The lowest BCUT2D eigenvalue weighted by molar-refractivity contribution is 0.0705. The van der Waals surface area contributed by atoms with E-state index in [9.17, 15) is 19.4 Å². The van der Waals surface area contributed by atoms with Crippen LogP contribution in [0.2, 0.25) is 0 Å². The third kappa shape index (κ3) is 3.68. The highest BCUT2D eigenvalue weighted by atomic mass is 19.1. The first kappa shape index (κ1) is 19.0. The number of aromatic amines is 1. The molecule has 0 aliphatic carbocycles. The van der Waals surface area contributed by atoms with Gasteiger partial charge < -0.3 is 15.1 Å². The molecule has 7 heteroatoms. The lowest BCUT2D eigenvalue weighted by Gasteiger charge is -2.33. The van der Waals surface area contributed by atoms with Crippen LogP contribution in [0.1, 0.15) is 40.4 Å². The summed E-state index contributed by atoms with van der Waals surface area (Å²) in [6, 6.07) is 9.04. The molecule has 1 aliphatic rings. The van der Waals surface area contributed by atoms with Crippen LogP contribution in [0, 0.1) is 12.7 Å². The minimum Gasteiger partial charge on any atom is -0.508 e. The summed E-state index contributed by atoms with van der Waals surface area (Å²) in [6.07, 6.45) is 3.44. The van der Waals surface area contributed by atoms with Crippen LogP contribution in [-0.2, 0) is 0 Å². The van der Waals surface area contributed by atoms with Crippen LogP contribution in [0.25, 0.3) is 11.1 Å². The van der Waals surface area contributed by atoms with Crippen molar-refractivity contribution in [2.75, 3.05) is 13.1 Å². The quantitative estimate of drug-likeness (QED) is 0.626. The fourth-order valence-corrected chi connectivity index (χ4v) is 3.85. The van der Waals surface area contributed by atoms with Gasteiger partial charge in [-0.25, -0.2) is 4.39 Å². The molecule has 1 aromatic heterocycles. The molecular formula is C22H22FN3O3. The molecule has 1 aliphatic heterocycles. The van der Waals surface area contributed by atoms with Crippen molar-refractivity contribution < 1.29 is 19.4 Å². The number of likely N-dealkylation sites (tertiary alicyclic amines) is 1. The van der Waals surface area contributed by atoms with Gasteiger partial charge in [0.05, 0.1) is 6.20 Å². The van der Waals surface area contributed by atoms with Crippen LogP contribution in [0.5, 0.6) is 11.5 Å². The summed E-state index contributed by atoms with van der Waals surface area (Å²) in [5, 5.41) is 27.1. The number of H-pyrrole nitrogens is 1. The Morgan fingerprint density at radius 1 is 1.21 bits per heavy atom. The topological polar surface area (TPSA) is 89.5 Å². The minimum atomic E-state index is -0.294. The molecule has 150 valence electrons. The fraction of sp³-hybridized carbons (Fsp3) is 0.273. The first-order valence-electron chi connectivity index (χ1n) is 9.55. The summed E-state index contributed by atoms with van der Waals surface area (Å²) in [4.78, 5) is 14.7. The zero-order chi connectivity index (χ0) is 20.5. The second kappa shape index (κ2) is 7.58. The Morgan fingerprint density at radius 2 is 1.90 bits per heavy atom. The summed E-state index contributed by atoms with van der Waals surface area (Å²) >= 11 is 0. The lowest BCUT2D eigenvalue weighted by Crippen LogP contribution is -2.39. The van der Waals surface area contributed by atoms with Gasteiger partial charge in [0.25, 0.3) is 5.91 Å². The van der Waals surface area contributed by atoms with Crippen molar-refractivity contribution in [2.24, 2.45) is 0 Å². The molecular weight excluding hydrogens is 373 g/mol. The fourth-order valence-electron chi connectivity index (χ4n) is 3.85. The number of carbonyl (C=O) groups excluding carboxylic acids is 1. The minimum absolute atomic E-state index is 0.0582. The zero-order valence-corrected chi connectivity index (χ0v) is 16.0. The molecule has 29 heavy (non-hydrogen) atoms. The third-order valence-electron chi connectivity index (χ3n) is 5.54. The molecule has 0 saturated carbocycles. The maximum atomic E-state index is 13.3. The van der Waals surface area contributed by atoms with Crippen LogP contribution >= 0.6 is 0 Å². The number of nitrogens with zero attached hydrogens (tertiary/aromatic N) is 2. The SMILES string of the molecule is Cc1c(O)cc(C(=O)N2CCC[C@@H](c3[nH]ncc3-c3ccc(F)cc3)C2)cc1O. The Hall–Kier alpha value is -3.35. The number of hydrogen-bond donors (Lipinski definition) is 3. The number of phenolic OH excluding ortho intramolecular Hbond substituents is 2. The molecule has 0 unspecified atom stereocenters. The molecule has 0 bridgehead atoms. The molecule has 4 rings (SSSR count). The van der Waals surface area contributed by atoms with Gasteiger partial charge in [-0.05, 0) is 49.6 Å². The van der Waals surface area contributed by atoms with Crippen LogP contribution in [0.15, 0.2) is 42.6 Å². The Kier molecular flexibility index (Phi) is 4.96. The number of benzene rings is 2. The molecule has 6 nitrogen and oxygen atoms in total. The van der Waals surface area contributed by atoms with Crippen molar-refractivity contribution in [3.63, 3.8) is 0 Å². The van der Waals surface area contributed by atoms with E-state index in [1.807, 2.05) is 0 Å². The number of aromatic nitrogens is 2. The molecule has 3 N–H and O–H groups in total. The number of carbonyl (C=O) groups is 1. The molecule has 2 aromatic carbocycles. The van der Waals surface area contributed by atoms with E-state index in [1.165, 1.54) is 24.3 Å². The number of halogens is 1. The second-order valence-corrected chi connectivity index (χ2v) is 7.43. The van der Waals surface area contributed by atoms with E-state index in [4.69, 9.17) is 0 Å².